The third-order valence-electron chi connectivity index (χ3n) is 3.11. The average Bonchev–Trinajstić information content (AvgIpc) is 3.10. The van der Waals surface area contributed by atoms with Crippen LogP contribution in [0.1, 0.15) is 19.3 Å². The molecule has 2 rings (SSSR count). The van der Waals surface area contributed by atoms with Gasteiger partial charge in [-0.15, -0.1) is 0 Å². The highest BCUT2D eigenvalue weighted by atomic mass is 16.5. The summed E-state index contributed by atoms with van der Waals surface area (Å²) >= 11 is 0. The molecule has 2 fully saturated rings. The zero-order valence-corrected chi connectivity index (χ0v) is 9.85. The van der Waals surface area contributed by atoms with Crippen LogP contribution in [0.25, 0.3) is 0 Å². The molecule has 1 saturated carbocycles. The van der Waals surface area contributed by atoms with Gasteiger partial charge >= 0.3 is 0 Å². The van der Waals surface area contributed by atoms with Crippen LogP contribution in [-0.2, 0) is 14.3 Å². The van der Waals surface area contributed by atoms with Crippen molar-refractivity contribution in [1.82, 2.24) is 10.2 Å². The minimum atomic E-state index is -0.335. The Hall–Kier alpha value is -1.14. The lowest BCUT2D eigenvalue weighted by molar-refractivity contribution is -0.133. The summed E-state index contributed by atoms with van der Waals surface area (Å²) < 4.78 is 5.32. The van der Waals surface area contributed by atoms with Gasteiger partial charge in [-0.3, -0.25) is 14.5 Å². The van der Waals surface area contributed by atoms with Crippen molar-refractivity contribution in [3.05, 3.63) is 0 Å². The quantitative estimate of drug-likeness (QED) is 0.636. The number of morpholine rings is 1. The van der Waals surface area contributed by atoms with Gasteiger partial charge in [-0.05, 0) is 12.8 Å². The monoisotopic (exact) mass is 241 g/mol. The molecule has 3 N–H and O–H groups in total. The molecule has 1 saturated heterocycles. The standard InChI is InChI=1S/C11H19N3O3/c12-10(15)3-4-14-5-6-17-7-9(14)11(16)13-8-1-2-8/h8-9H,1-7H2,(H2,12,15)(H,13,16). The van der Waals surface area contributed by atoms with E-state index in [2.05, 4.69) is 5.32 Å². The number of carbonyl (C=O) groups excluding carboxylic acids is 2. The summed E-state index contributed by atoms with van der Waals surface area (Å²) in [5.74, 6) is -0.325. The Labute approximate surface area is 100 Å². The average molecular weight is 241 g/mol. The van der Waals surface area contributed by atoms with E-state index in [-0.39, 0.29) is 24.3 Å². The van der Waals surface area contributed by atoms with Crippen molar-refractivity contribution in [2.24, 2.45) is 5.73 Å². The molecule has 1 aliphatic carbocycles. The summed E-state index contributed by atoms with van der Waals surface area (Å²) in [6, 6.07) is 0.0751. The topological polar surface area (TPSA) is 84.7 Å². The molecule has 0 aromatic rings. The first kappa shape index (κ1) is 12.3. The van der Waals surface area contributed by atoms with Gasteiger partial charge in [0.05, 0.1) is 13.2 Å². The zero-order chi connectivity index (χ0) is 12.3. The van der Waals surface area contributed by atoms with Crippen LogP contribution in [0.15, 0.2) is 0 Å². The lowest BCUT2D eigenvalue weighted by Crippen LogP contribution is -2.54. The van der Waals surface area contributed by atoms with E-state index in [0.29, 0.717) is 32.3 Å². The van der Waals surface area contributed by atoms with Crippen LogP contribution in [0, 0.1) is 0 Å². The molecule has 0 radical (unpaired) electrons. The third kappa shape index (κ3) is 3.67. The van der Waals surface area contributed by atoms with E-state index in [1.165, 1.54) is 0 Å². The molecule has 0 aromatic heterocycles. The highest BCUT2D eigenvalue weighted by Crippen LogP contribution is 2.19. The zero-order valence-electron chi connectivity index (χ0n) is 9.85. The SMILES string of the molecule is NC(=O)CCN1CCOCC1C(=O)NC1CC1. The van der Waals surface area contributed by atoms with Gasteiger partial charge in [-0.1, -0.05) is 0 Å². The van der Waals surface area contributed by atoms with E-state index in [0.717, 1.165) is 12.8 Å². The number of hydrogen-bond acceptors (Lipinski definition) is 4. The van der Waals surface area contributed by atoms with E-state index in [4.69, 9.17) is 10.5 Å². The Morgan fingerprint density at radius 3 is 2.82 bits per heavy atom. The molecule has 6 nitrogen and oxygen atoms in total. The van der Waals surface area contributed by atoms with Gasteiger partial charge in [0.15, 0.2) is 0 Å². The summed E-state index contributed by atoms with van der Waals surface area (Å²) in [6.07, 6.45) is 2.43. The first-order valence-electron chi connectivity index (χ1n) is 6.07. The Kier molecular flexibility index (Phi) is 3.96. The minimum Gasteiger partial charge on any atom is -0.378 e. The number of amides is 2. The van der Waals surface area contributed by atoms with Gasteiger partial charge in [0.1, 0.15) is 6.04 Å². The Morgan fingerprint density at radius 2 is 2.18 bits per heavy atom. The van der Waals surface area contributed by atoms with Crippen LogP contribution in [-0.4, -0.2) is 55.1 Å². The van der Waals surface area contributed by atoms with E-state index < -0.39 is 0 Å². The van der Waals surface area contributed by atoms with Gasteiger partial charge in [0.25, 0.3) is 0 Å². The smallest absolute Gasteiger partial charge is 0.239 e. The molecular formula is C11H19N3O3. The summed E-state index contributed by atoms with van der Waals surface area (Å²) in [6.45, 7) is 2.21. The van der Waals surface area contributed by atoms with Crippen molar-refractivity contribution >= 4 is 11.8 Å². The van der Waals surface area contributed by atoms with Crippen LogP contribution in [0.3, 0.4) is 0 Å². The predicted octanol–water partition coefficient (Wildman–Crippen LogP) is -1.16. The number of primary amides is 1. The van der Waals surface area contributed by atoms with Crippen LogP contribution in [0.4, 0.5) is 0 Å². The number of hydrogen-bond donors (Lipinski definition) is 2. The van der Waals surface area contributed by atoms with Crippen molar-refractivity contribution < 1.29 is 14.3 Å². The number of rotatable bonds is 5. The maximum Gasteiger partial charge on any atom is 0.239 e. The highest BCUT2D eigenvalue weighted by Gasteiger charge is 2.32. The summed E-state index contributed by atoms with van der Waals surface area (Å²) in [5.41, 5.74) is 5.12. The van der Waals surface area contributed by atoms with Gasteiger partial charge in [-0.2, -0.15) is 0 Å². The molecule has 2 amide bonds. The number of carbonyl (C=O) groups is 2. The number of ether oxygens (including phenoxy) is 1. The summed E-state index contributed by atoms with van der Waals surface area (Å²) in [7, 11) is 0. The second-order valence-electron chi connectivity index (χ2n) is 4.63. The van der Waals surface area contributed by atoms with Crippen molar-refractivity contribution in [2.45, 2.75) is 31.3 Å². The first-order chi connectivity index (χ1) is 8.16. The first-order valence-corrected chi connectivity index (χ1v) is 6.07. The van der Waals surface area contributed by atoms with Crippen molar-refractivity contribution in [2.75, 3.05) is 26.3 Å². The lowest BCUT2D eigenvalue weighted by atomic mass is 10.2. The van der Waals surface area contributed by atoms with Gasteiger partial charge in [-0.25, -0.2) is 0 Å². The molecule has 2 aliphatic rings. The molecule has 1 unspecified atom stereocenters. The predicted molar refractivity (Wildman–Crippen MR) is 61.2 cm³/mol. The van der Waals surface area contributed by atoms with Crippen LogP contribution < -0.4 is 11.1 Å². The molecule has 96 valence electrons. The van der Waals surface area contributed by atoms with Crippen molar-refractivity contribution in [3.63, 3.8) is 0 Å². The molecular weight excluding hydrogens is 222 g/mol. The summed E-state index contributed by atoms with van der Waals surface area (Å²) in [5, 5.41) is 2.96. The Bertz CT molecular complexity index is 304. The van der Waals surface area contributed by atoms with Gasteiger partial charge in [0.2, 0.25) is 11.8 Å². The number of nitrogens with zero attached hydrogens (tertiary/aromatic N) is 1. The van der Waals surface area contributed by atoms with Crippen molar-refractivity contribution in [1.29, 1.82) is 0 Å². The van der Waals surface area contributed by atoms with Gasteiger partial charge < -0.3 is 15.8 Å². The lowest BCUT2D eigenvalue weighted by Gasteiger charge is -2.34. The summed E-state index contributed by atoms with van der Waals surface area (Å²) in [4.78, 5) is 24.7. The van der Waals surface area contributed by atoms with Crippen LogP contribution >= 0.6 is 0 Å². The molecule has 0 bridgehead atoms. The highest BCUT2D eigenvalue weighted by molar-refractivity contribution is 5.82. The normalized spacial score (nSPS) is 25.5. The second kappa shape index (κ2) is 5.46. The largest absolute Gasteiger partial charge is 0.378 e. The van der Waals surface area contributed by atoms with Crippen molar-refractivity contribution in [3.8, 4) is 0 Å². The van der Waals surface area contributed by atoms with Gasteiger partial charge in [0, 0.05) is 25.6 Å². The molecule has 0 aromatic carbocycles. The third-order valence-corrected chi connectivity index (χ3v) is 3.11. The molecule has 1 aliphatic heterocycles. The number of nitrogens with one attached hydrogen (secondary N) is 1. The van der Waals surface area contributed by atoms with E-state index in [1.54, 1.807) is 0 Å². The maximum atomic E-state index is 12.0. The van der Waals surface area contributed by atoms with E-state index in [9.17, 15) is 9.59 Å². The Morgan fingerprint density at radius 1 is 1.41 bits per heavy atom. The molecule has 17 heavy (non-hydrogen) atoms. The Balaban J connectivity index is 1.85. The number of nitrogens with two attached hydrogens (primary N) is 1. The molecule has 1 atom stereocenters. The molecule has 1 heterocycles. The fourth-order valence-corrected chi connectivity index (χ4v) is 1.93. The van der Waals surface area contributed by atoms with Crippen LogP contribution in [0.5, 0.6) is 0 Å². The fraction of sp³-hybridized carbons (Fsp3) is 0.818. The van der Waals surface area contributed by atoms with E-state index in [1.807, 2.05) is 4.90 Å². The molecule has 6 heteroatoms. The second-order valence-corrected chi connectivity index (χ2v) is 4.63. The molecule has 0 spiro atoms. The maximum absolute atomic E-state index is 12.0. The van der Waals surface area contributed by atoms with E-state index >= 15 is 0 Å². The minimum absolute atomic E-state index is 0.0108. The van der Waals surface area contributed by atoms with Crippen LogP contribution in [0.2, 0.25) is 0 Å². The fourth-order valence-electron chi connectivity index (χ4n) is 1.93.